The standard InChI is InChI=1S/C16H24N6S/c1-12-17-19-15(23-12)11-21-8-5-6-13(10-21)16-20-18-14-7-3-2-4-9-22(14)16/h13H,2-11H2,1H3. The van der Waals surface area contributed by atoms with Gasteiger partial charge in [0.05, 0.1) is 6.54 Å². The minimum atomic E-state index is 0.511. The van der Waals surface area contributed by atoms with E-state index < -0.39 is 0 Å². The molecule has 2 aliphatic rings. The van der Waals surface area contributed by atoms with Crippen LogP contribution in [0, 0.1) is 6.92 Å². The van der Waals surface area contributed by atoms with Crippen molar-refractivity contribution < 1.29 is 0 Å². The van der Waals surface area contributed by atoms with Gasteiger partial charge in [-0.2, -0.15) is 0 Å². The summed E-state index contributed by atoms with van der Waals surface area (Å²) < 4.78 is 2.41. The van der Waals surface area contributed by atoms with E-state index in [1.165, 1.54) is 43.8 Å². The second-order valence-corrected chi connectivity index (χ2v) is 7.99. The Morgan fingerprint density at radius 2 is 2.00 bits per heavy atom. The first-order valence-electron chi connectivity index (χ1n) is 8.73. The predicted octanol–water partition coefficient (Wildman–Crippen LogP) is 2.54. The third-order valence-corrected chi connectivity index (χ3v) is 5.76. The van der Waals surface area contributed by atoms with Crippen LogP contribution < -0.4 is 0 Å². The Morgan fingerprint density at radius 3 is 2.87 bits per heavy atom. The van der Waals surface area contributed by atoms with Gasteiger partial charge in [-0.15, -0.1) is 31.7 Å². The minimum absolute atomic E-state index is 0.511. The zero-order chi connectivity index (χ0) is 15.6. The molecule has 2 aromatic heterocycles. The molecule has 0 N–H and O–H groups in total. The summed E-state index contributed by atoms with van der Waals surface area (Å²) in [4.78, 5) is 2.51. The number of likely N-dealkylation sites (tertiary alicyclic amines) is 1. The lowest BCUT2D eigenvalue weighted by Crippen LogP contribution is -2.35. The highest BCUT2D eigenvalue weighted by Gasteiger charge is 2.27. The number of fused-ring (bicyclic) bond motifs is 1. The summed E-state index contributed by atoms with van der Waals surface area (Å²) >= 11 is 1.71. The van der Waals surface area contributed by atoms with Crippen LogP contribution in [0.25, 0.3) is 0 Å². The molecule has 23 heavy (non-hydrogen) atoms. The van der Waals surface area contributed by atoms with Crippen LogP contribution in [-0.4, -0.2) is 43.0 Å². The molecule has 2 aromatic rings. The van der Waals surface area contributed by atoms with E-state index in [-0.39, 0.29) is 0 Å². The largest absolute Gasteiger partial charge is 0.315 e. The Balaban J connectivity index is 1.48. The summed E-state index contributed by atoms with van der Waals surface area (Å²) in [7, 11) is 0. The first-order chi connectivity index (χ1) is 11.3. The van der Waals surface area contributed by atoms with Gasteiger partial charge in [-0.05, 0) is 39.2 Å². The Hall–Kier alpha value is -1.34. The fraction of sp³-hybridized carbons (Fsp3) is 0.750. The highest BCUT2D eigenvalue weighted by molar-refractivity contribution is 7.11. The molecular weight excluding hydrogens is 308 g/mol. The molecular formula is C16H24N6S. The molecule has 0 amide bonds. The van der Waals surface area contributed by atoms with Crippen molar-refractivity contribution in [1.29, 1.82) is 0 Å². The number of hydrogen-bond donors (Lipinski definition) is 0. The molecule has 0 spiro atoms. The molecule has 2 aliphatic heterocycles. The van der Waals surface area contributed by atoms with Crippen molar-refractivity contribution in [3.05, 3.63) is 21.7 Å². The first kappa shape index (κ1) is 15.2. The molecule has 4 rings (SSSR count). The fourth-order valence-corrected chi connectivity index (χ4v) is 4.56. The summed E-state index contributed by atoms with van der Waals surface area (Å²) in [5, 5.41) is 19.6. The molecule has 0 radical (unpaired) electrons. The highest BCUT2D eigenvalue weighted by atomic mass is 32.1. The Kier molecular flexibility index (Phi) is 4.39. The van der Waals surface area contributed by atoms with Crippen molar-refractivity contribution >= 4 is 11.3 Å². The van der Waals surface area contributed by atoms with Crippen LogP contribution in [0.5, 0.6) is 0 Å². The molecule has 6 nitrogen and oxygen atoms in total. The smallest absolute Gasteiger partial charge is 0.137 e. The quantitative estimate of drug-likeness (QED) is 0.864. The third-order valence-electron chi connectivity index (χ3n) is 4.94. The van der Waals surface area contributed by atoms with Crippen LogP contribution in [0.15, 0.2) is 0 Å². The van der Waals surface area contributed by atoms with E-state index in [0.717, 1.165) is 42.6 Å². The maximum Gasteiger partial charge on any atom is 0.137 e. The number of piperidine rings is 1. The Bertz CT molecular complexity index is 663. The molecule has 4 heterocycles. The highest BCUT2D eigenvalue weighted by Crippen LogP contribution is 2.29. The summed E-state index contributed by atoms with van der Waals surface area (Å²) in [6.07, 6.45) is 7.38. The van der Waals surface area contributed by atoms with Crippen LogP contribution in [0.1, 0.15) is 59.7 Å². The number of hydrogen-bond acceptors (Lipinski definition) is 6. The normalized spacial score (nSPS) is 22.7. The average molecular weight is 332 g/mol. The van der Waals surface area contributed by atoms with Crippen LogP contribution >= 0.6 is 11.3 Å². The van der Waals surface area contributed by atoms with Gasteiger partial charge < -0.3 is 4.57 Å². The van der Waals surface area contributed by atoms with E-state index in [1.807, 2.05) is 6.92 Å². The summed E-state index contributed by atoms with van der Waals surface area (Å²) in [6.45, 7) is 6.26. The Labute approximate surface area is 140 Å². The van der Waals surface area contributed by atoms with Crippen LogP contribution in [-0.2, 0) is 19.5 Å². The van der Waals surface area contributed by atoms with Gasteiger partial charge in [-0.3, -0.25) is 4.90 Å². The maximum atomic E-state index is 4.57. The topological polar surface area (TPSA) is 59.7 Å². The number of aromatic nitrogens is 5. The van der Waals surface area contributed by atoms with Gasteiger partial charge in [0.15, 0.2) is 0 Å². The van der Waals surface area contributed by atoms with Crippen LogP contribution in [0.3, 0.4) is 0 Å². The van der Waals surface area contributed by atoms with Crippen LogP contribution in [0.4, 0.5) is 0 Å². The lowest BCUT2D eigenvalue weighted by molar-refractivity contribution is 0.193. The molecule has 0 saturated carbocycles. The summed E-state index contributed by atoms with van der Waals surface area (Å²) in [5.41, 5.74) is 0. The molecule has 124 valence electrons. The molecule has 1 fully saturated rings. The van der Waals surface area contributed by atoms with E-state index >= 15 is 0 Å². The molecule has 1 saturated heterocycles. The average Bonchev–Trinajstić information content (AvgIpc) is 3.07. The van der Waals surface area contributed by atoms with Crippen molar-refractivity contribution in [1.82, 2.24) is 29.9 Å². The van der Waals surface area contributed by atoms with E-state index in [1.54, 1.807) is 11.3 Å². The monoisotopic (exact) mass is 332 g/mol. The van der Waals surface area contributed by atoms with Crippen LogP contribution in [0.2, 0.25) is 0 Å². The maximum absolute atomic E-state index is 4.57. The summed E-state index contributed by atoms with van der Waals surface area (Å²) in [5.74, 6) is 2.94. The fourth-order valence-electron chi connectivity index (χ4n) is 3.81. The predicted molar refractivity (Wildman–Crippen MR) is 89.5 cm³/mol. The molecule has 1 unspecified atom stereocenters. The minimum Gasteiger partial charge on any atom is -0.315 e. The van der Waals surface area contributed by atoms with Gasteiger partial charge in [0.1, 0.15) is 21.7 Å². The zero-order valence-corrected chi connectivity index (χ0v) is 14.6. The van der Waals surface area contributed by atoms with Gasteiger partial charge in [0.2, 0.25) is 0 Å². The van der Waals surface area contributed by atoms with E-state index in [9.17, 15) is 0 Å². The van der Waals surface area contributed by atoms with E-state index in [0.29, 0.717) is 5.92 Å². The molecule has 1 atom stereocenters. The van der Waals surface area contributed by atoms with E-state index in [2.05, 4.69) is 29.9 Å². The molecule has 0 bridgehead atoms. The van der Waals surface area contributed by atoms with E-state index in [4.69, 9.17) is 0 Å². The van der Waals surface area contributed by atoms with Crippen molar-refractivity contribution in [2.75, 3.05) is 13.1 Å². The first-order valence-corrected chi connectivity index (χ1v) is 9.54. The Morgan fingerprint density at radius 1 is 1.04 bits per heavy atom. The van der Waals surface area contributed by atoms with Gasteiger partial charge in [-0.25, -0.2) is 0 Å². The van der Waals surface area contributed by atoms with Crippen molar-refractivity contribution in [3.8, 4) is 0 Å². The van der Waals surface area contributed by atoms with Gasteiger partial charge in [0.25, 0.3) is 0 Å². The SMILES string of the molecule is Cc1nnc(CN2CCCC(c3nnc4n3CCCCC4)C2)s1. The summed E-state index contributed by atoms with van der Waals surface area (Å²) in [6, 6.07) is 0. The third kappa shape index (κ3) is 3.30. The zero-order valence-electron chi connectivity index (χ0n) is 13.7. The lowest BCUT2D eigenvalue weighted by atomic mass is 9.97. The van der Waals surface area contributed by atoms with Gasteiger partial charge in [0, 0.05) is 25.4 Å². The lowest BCUT2D eigenvalue weighted by Gasteiger charge is -2.31. The number of aryl methyl sites for hydroxylation is 2. The van der Waals surface area contributed by atoms with Gasteiger partial charge >= 0.3 is 0 Å². The van der Waals surface area contributed by atoms with Crippen molar-refractivity contribution in [2.45, 2.75) is 64.5 Å². The second-order valence-electron chi connectivity index (χ2n) is 6.73. The van der Waals surface area contributed by atoms with Gasteiger partial charge in [-0.1, -0.05) is 6.42 Å². The second kappa shape index (κ2) is 6.65. The molecule has 7 heteroatoms. The molecule has 0 aliphatic carbocycles. The number of nitrogens with zero attached hydrogens (tertiary/aromatic N) is 6. The number of rotatable bonds is 3. The van der Waals surface area contributed by atoms with Crippen molar-refractivity contribution in [2.24, 2.45) is 0 Å². The van der Waals surface area contributed by atoms with Crippen molar-refractivity contribution in [3.63, 3.8) is 0 Å². The molecule has 0 aromatic carbocycles.